The van der Waals surface area contributed by atoms with Gasteiger partial charge in [0, 0.05) is 13.2 Å². The Morgan fingerprint density at radius 3 is 2.69 bits per heavy atom. The van der Waals surface area contributed by atoms with Gasteiger partial charge in [0.15, 0.2) is 0 Å². The molecule has 1 aromatic carbocycles. The van der Waals surface area contributed by atoms with E-state index in [1.54, 1.807) is 19.1 Å². The molecule has 0 saturated heterocycles. The Balaban J connectivity index is 0.00000176. The van der Waals surface area contributed by atoms with E-state index >= 15 is 0 Å². The molecule has 3 rings (SSSR count). The van der Waals surface area contributed by atoms with Crippen LogP contribution < -0.4 is 10.9 Å². The number of allylic oxidation sites excluding steroid dienone is 5. The summed E-state index contributed by atoms with van der Waals surface area (Å²) in [6, 6.07) is 10.3. The molecule has 2 heterocycles. The average Bonchev–Trinajstić information content (AvgIpc) is 2.82. The first kappa shape index (κ1) is 24.9. The second-order valence-electron chi connectivity index (χ2n) is 7.25. The predicted octanol–water partition coefficient (Wildman–Crippen LogP) is 3.85. The largest absolute Gasteiger partial charge is 0.400 e. The number of anilines is 1. The van der Waals surface area contributed by atoms with E-state index in [9.17, 15) is 14.0 Å². The summed E-state index contributed by atoms with van der Waals surface area (Å²) in [4.78, 5) is 28.9. The maximum absolute atomic E-state index is 14.1. The molecule has 7 heteroatoms. The number of fused-ring (bicyclic) bond motifs is 1. The molecule has 1 atom stereocenters. The third kappa shape index (κ3) is 6.11. The van der Waals surface area contributed by atoms with Crippen LogP contribution in [0.2, 0.25) is 0 Å². The highest BCUT2D eigenvalue weighted by molar-refractivity contribution is 5.75. The molecular weight excluding hydrogens is 409 g/mol. The number of carbonyl (C=O) groups is 1. The lowest BCUT2D eigenvalue weighted by Gasteiger charge is -2.27. The Kier molecular flexibility index (Phi) is 9.76. The highest BCUT2D eigenvalue weighted by Gasteiger charge is 2.25. The molecule has 2 N–H and O–H groups in total. The third-order valence-electron chi connectivity index (χ3n) is 5.19. The lowest BCUT2D eigenvalue weighted by Crippen LogP contribution is -2.36. The first-order valence-corrected chi connectivity index (χ1v) is 10.6. The number of aliphatic hydroxyl groups excluding tert-OH is 1. The zero-order chi connectivity index (χ0) is 23.5. The van der Waals surface area contributed by atoms with E-state index in [4.69, 9.17) is 5.11 Å². The number of nitrogens with one attached hydrogen (secondary N) is 1. The van der Waals surface area contributed by atoms with Gasteiger partial charge in [-0.05, 0) is 44.2 Å². The molecule has 170 valence electrons. The molecule has 1 unspecified atom stereocenters. The number of nitrogens with zero attached hydrogens (tertiary/aromatic N) is 2. The van der Waals surface area contributed by atoms with Crippen molar-refractivity contribution in [2.45, 2.75) is 45.2 Å². The highest BCUT2D eigenvalue weighted by atomic mass is 19.1. The fraction of sp³-hybridized carbons (Fsp3) is 0.320. The molecular formula is C25H30FN3O3. The first-order valence-electron chi connectivity index (χ1n) is 10.6. The number of carbonyl (C=O) groups excluding carboxylic acids is 1. The van der Waals surface area contributed by atoms with Gasteiger partial charge in [0.1, 0.15) is 23.6 Å². The van der Waals surface area contributed by atoms with E-state index in [2.05, 4.69) is 29.0 Å². The molecule has 6 nitrogen and oxygen atoms in total. The molecule has 0 fully saturated rings. The Hall–Kier alpha value is -3.32. The Morgan fingerprint density at radius 1 is 1.34 bits per heavy atom. The van der Waals surface area contributed by atoms with Crippen LogP contribution in [0.3, 0.4) is 0 Å². The van der Waals surface area contributed by atoms with Gasteiger partial charge in [0.05, 0.1) is 17.8 Å². The van der Waals surface area contributed by atoms with Crippen LogP contribution in [0.25, 0.3) is 5.57 Å². The summed E-state index contributed by atoms with van der Waals surface area (Å²) in [5, 5.41) is 10.3. The number of aliphatic hydroxyl groups is 1. The number of aryl methyl sites for hydroxylation is 2. The van der Waals surface area contributed by atoms with Crippen LogP contribution in [0.4, 0.5) is 10.1 Å². The molecule has 1 aliphatic rings. The van der Waals surface area contributed by atoms with Crippen molar-refractivity contribution in [1.29, 1.82) is 0 Å². The van der Waals surface area contributed by atoms with Gasteiger partial charge in [0.2, 0.25) is 0 Å². The number of hydrogen-bond acceptors (Lipinski definition) is 5. The number of aldehydes is 1. The number of hydrogen-bond donors (Lipinski definition) is 2. The molecule has 0 spiro atoms. The van der Waals surface area contributed by atoms with E-state index in [1.165, 1.54) is 16.2 Å². The van der Waals surface area contributed by atoms with Crippen LogP contribution in [-0.2, 0) is 24.2 Å². The summed E-state index contributed by atoms with van der Waals surface area (Å²) in [7, 11) is 1.00. The van der Waals surface area contributed by atoms with Gasteiger partial charge in [-0.1, -0.05) is 49.1 Å². The SMILES string of the molecule is C=C(F)/C(=C\C=C/C)c1nc2c(c(=O)n1CC=O)NC(CCc1ccccc1)CC2.CO. The molecule has 0 radical (unpaired) electrons. The van der Waals surface area contributed by atoms with Crippen molar-refractivity contribution in [2.24, 2.45) is 0 Å². The number of aromatic nitrogens is 2. The van der Waals surface area contributed by atoms with Crippen LogP contribution in [0.5, 0.6) is 0 Å². The maximum Gasteiger partial charge on any atom is 0.277 e. The van der Waals surface area contributed by atoms with Crippen molar-refractivity contribution in [3.05, 3.63) is 88.4 Å². The summed E-state index contributed by atoms with van der Waals surface area (Å²) in [5.74, 6) is -0.579. The van der Waals surface area contributed by atoms with Gasteiger partial charge >= 0.3 is 0 Å². The van der Waals surface area contributed by atoms with Crippen LogP contribution in [0.1, 0.15) is 36.8 Å². The minimum atomic E-state index is -0.705. The van der Waals surface area contributed by atoms with Crippen LogP contribution >= 0.6 is 0 Å². The molecule has 0 saturated carbocycles. The standard InChI is InChI=1S/C24H26FN3O2.CH4O/c1-3-4-10-20(17(2)25)23-27-21-14-13-19(12-11-18-8-6-5-7-9-18)26-22(21)24(30)28(23)15-16-29;1-2/h3-10,16,19,26H,2,11-15H2,1H3;2H,1H3/b4-3-,20-10+;. The first-order chi connectivity index (χ1) is 15.5. The molecule has 2 aromatic rings. The normalized spacial score (nSPS) is 15.4. The van der Waals surface area contributed by atoms with Gasteiger partial charge in [0.25, 0.3) is 5.56 Å². The van der Waals surface area contributed by atoms with Crippen LogP contribution in [-0.4, -0.2) is 34.1 Å². The Labute approximate surface area is 187 Å². The smallest absolute Gasteiger partial charge is 0.277 e. The predicted molar refractivity (Wildman–Crippen MR) is 126 cm³/mol. The lowest BCUT2D eigenvalue weighted by atomic mass is 9.96. The quantitative estimate of drug-likeness (QED) is 0.482. The van der Waals surface area contributed by atoms with E-state index in [0.29, 0.717) is 24.1 Å². The Bertz CT molecular complexity index is 1040. The molecule has 1 aliphatic heterocycles. The zero-order valence-corrected chi connectivity index (χ0v) is 18.6. The fourth-order valence-electron chi connectivity index (χ4n) is 3.64. The van der Waals surface area contributed by atoms with Crippen molar-refractivity contribution in [3.63, 3.8) is 0 Å². The van der Waals surface area contributed by atoms with E-state index in [1.807, 2.05) is 18.2 Å². The molecule has 1 aromatic heterocycles. The van der Waals surface area contributed by atoms with Gasteiger partial charge in [-0.25, -0.2) is 9.37 Å². The monoisotopic (exact) mass is 439 g/mol. The third-order valence-corrected chi connectivity index (χ3v) is 5.19. The van der Waals surface area contributed by atoms with Gasteiger partial charge in [-0.15, -0.1) is 0 Å². The van der Waals surface area contributed by atoms with Crippen molar-refractivity contribution in [3.8, 4) is 0 Å². The van der Waals surface area contributed by atoms with E-state index < -0.39 is 5.83 Å². The number of halogens is 1. The molecule has 0 bridgehead atoms. The minimum Gasteiger partial charge on any atom is -0.400 e. The lowest BCUT2D eigenvalue weighted by molar-refractivity contribution is -0.108. The van der Waals surface area contributed by atoms with Crippen molar-refractivity contribution in [1.82, 2.24) is 9.55 Å². The molecule has 32 heavy (non-hydrogen) atoms. The number of rotatable bonds is 8. The Morgan fingerprint density at radius 2 is 2.06 bits per heavy atom. The van der Waals surface area contributed by atoms with Crippen molar-refractivity contribution < 1.29 is 14.3 Å². The summed E-state index contributed by atoms with van der Waals surface area (Å²) in [6.45, 7) is 4.96. The zero-order valence-electron chi connectivity index (χ0n) is 18.6. The molecule has 0 amide bonds. The van der Waals surface area contributed by atoms with Gasteiger partial charge < -0.3 is 15.2 Å². The van der Waals surface area contributed by atoms with E-state index in [-0.39, 0.29) is 29.5 Å². The minimum absolute atomic E-state index is 0.0982. The highest BCUT2D eigenvalue weighted by Crippen LogP contribution is 2.27. The summed E-state index contributed by atoms with van der Waals surface area (Å²) >= 11 is 0. The second kappa shape index (κ2) is 12.5. The topological polar surface area (TPSA) is 84.2 Å². The maximum atomic E-state index is 14.1. The van der Waals surface area contributed by atoms with Crippen LogP contribution in [0, 0.1) is 0 Å². The average molecular weight is 440 g/mol. The van der Waals surface area contributed by atoms with Gasteiger partial charge in [-0.3, -0.25) is 9.36 Å². The summed E-state index contributed by atoms with van der Waals surface area (Å²) in [6.07, 6.45) is 8.73. The summed E-state index contributed by atoms with van der Waals surface area (Å²) in [5.41, 5.74) is 1.98. The van der Waals surface area contributed by atoms with Crippen molar-refractivity contribution >= 4 is 17.5 Å². The molecule has 0 aliphatic carbocycles. The van der Waals surface area contributed by atoms with Crippen LogP contribution in [0.15, 0.2) is 65.8 Å². The van der Waals surface area contributed by atoms with E-state index in [0.717, 1.165) is 26.4 Å². The summed E-state index contributed by atoms with van der Waals surface area (Å²) < 4.78 is 15.3. The fourth-order valence-corrected chi connectivity index (χ4v) is 3.64. The second-order valence-corrected chi connectivity index (χ2v) is 7.25. The number of benzene rings is 1. The van der Waals surface area contributed by atoms with Crippen molar-refractivity contribution in [2.75, 3.05) is 12.4 Å². The van der Waals surface area contributed by atoms with Gasteiger partial charge in [-0.2, -0.15) is 0 Å².